The minimum absolute atomic E-state index is 0. The number of carbonyl (C=O) groups is 2. The van der Waals surface area contributed by atoms with Gasteiger partial charge in [0.2, 0.25) is 5.91 Å². The van der Waals surface area contributed by atoms with Crippen LogP contribution in [-0.4, -0.2) is 31.4 Å². The van der Waals surface area contributed by atoms with Gasteiger partial charge in [-0.1, -0.05) is 12.8 Å². The summed E-state index contributed by atoms with van der Waals surface area (Å²) in [4.78, 5) is 24.2. The zero-order chi connectivity index (χ0) is 17.5. The largest absolute Gasteiger partial charge is 0.494 e. The molecule has 0 spiro atoms. The van der Waals surface area contributed by atoms with E-state index < -0.39 is 5.82 Å². The summed E-state index contributed by atoms with van der Waals surface area (Å²) in [6.07, 6.45) is 4.36. The van der Waals surface area contributed by atoms with Gasteiger partial charge in [0.15, 0.2) is 17.3 Å². The van der Waals surface area contributed by atoms with Crippen LogP contribution in [0.25, 0.3) is 0 Å². The van der Waals surface area contributed by atoms with Crippen molar-refractivity contribution in [3.8, 4) is 5.75 Å². The van der Waals surface area contributed by atoms with E-state index in [2.05, 4.69) is 5.32 Å². The fraction of sp³-hybridized carbons (Fsp3) is 0.556. The molecule has 3 N–H and O–H groups in total. The van der Waals surface area contributed by atoms with Crippen molar-refractivity contribution < 1.29 is 18.7 Å². The highest BCUT2D eigenvalue weighted by Crippen LogP contribution is 2.24. The Morgan fingerprint density at radius 3 is 2.64 bits per heavy atom. The average Bonchev–Trinajstić information content (AvgIpc) is 2.60. The number of methoxy groups -OCH3 is 1. The van der Waals surface area contributed by atoms with Gasteiger partial charge in [-0.05, 0) is 43.5 Å². The van der Waals surface area contributed by atoms with Crippen molar-refractivity contribution >= 4 is 24.1 Å². The Kier molecular flexibility index (Phi) is 8.86. The van der Waals surface area contributed by atoms with Crippen molar-refractivity contribution in [3.05, 3.63) is 29.6 Å². The lowest BCUT2D eigenvalue weighted by Crippen LogP contribution is -2.44. The molecular weight excluding hydrogens is 347 g/mol. The zero-order valence-corrected chi connectivity index (χ0v) is 15.2. The lowest BCUT2D eigenvalue weighted by molar-refractivity contribution is -0.122. The molecule has 1 aromatic rings. The number of Topliss-reactive ketones (excluding diaryl/α,β-unsaturated/α-hetero) is 1. The van der Waals surface area contributed by atoms with Crippen molar-refractivity contribution in [3.63, 3.8) is 0 Å². The third kappa shape index (κ3) is 5.97. The summed E-state index contributed by atoms with van der Waals surface area (Å²) >= 11 is 0. The number of hydrogen-bond acceptors (Lipinski definition) is 4. The summed E-state index contributed by atoms with van der Waals surface area (Å²) in [6, 6.07) is 4.17. The van der Waals surface area contributed by atoms with Gasteiger partial charge in [0, 0.05) is 24.4 Å². The minimum Gasteiger partial charge on any atom is -0.494 e. The molecule has 0 bridgehead atoms. The molecule has 0 radical (unpaired) electrons. The number of nitrogens with two attached hydrogens (primary N) is 1. The Balaban J connectivity index is 0.00000312. The number of nitrogens with one attached hydrogen (secondary N) is 1. The monoisotopic (exact) mass is 372 g/mol. The van der Waals surface area contributed by atoms with Crippen LogP contribution in [-0.2, 0) is 4.79 Å². The molecule has 1 fully saturated rings. The molecule has 1 aliphatic carbocycles. The number of hydrogen-bond donors (Lipinski definition) is 2. The van der Waals surface area contributed by atoms with E-state index in [-0.39, 0.29) is 54.3 Å². The molecule has 2 unspecified atom stereocenters. The van der Waals surface area contributed by atoms with Gasteiger partial charge in [-0.3, -0.25) is 9.59 Å². The molecule has 2 rings (SSSR count). The fourth-order valence-corrected chi connectivity index (χ4v) is 3.17. The third-order valence-corrected chi connectivity index (χ3v) is 4.61. The van der Waals surface area contributed by atoms with Gasteiger partial charge in [0.1, 0.15) is 0 Å². The van der Waals surface area contributed by atoms with Crippen LogP contribution in [0.2, 0.25) is 0 Å². The second-order valence-electron chi connectivity index (χ2n) is 6.23. The SMILES string of the molecule is COc1ccc(C(=O)CCC(=O)NC2CCCCC2CN)cc1F.Cl. The first kappa shape index (κ1) is 21.4. The Morgan fingerprint density at radius 2 is 2.00 bits per heavy atom. The summed E-state index contributed by atoms with van der Waals surface area (Å²) in [5.41, 5.74) is 6.00. The van der Waals surface area contributed by atoms with E-state index >= 15 is 0 Å². The highest BCUT2D eigenvalue weighted by Gasteiger charge is 2.25. The molecule has 25 heavy (non-hydrogen) atoms. The summed E-state index contributed by atoms with van der Waals surface area (Å²) in [7, 11) is 1.37. The number of ether oxygens (including phenoxy) is 1. The van der Waals surface area contributed by atoms with Gasteiger partial charge in [0.25, 0.3) is 0 Å². The van der Waals surface area contributed by atoms with Crippen LogP contribution in [0.1, 0.15) is 48.9 Å². The van der Waals surface area contributed by atoms with E-state index in [1.165, 1.54) is 19.2 Å². The maximum absolute atomic E-state index is 13.6. The standard InChI is InChI=1S/C18H25FN2O3.ClH/c1-24-17-8-6-12(10-14(17)19)16(22)7-9-18(23)21-15-5-3-2-4-13(15)11-20;/h6,8,10,13,15H,2-5,7,9,11,20H2,1H3,(H,21,23);1H. The predicted octanol–water partition coefficient (Wildman–Crippen LogP) is 2.85. The number of ketones is 1. The van der Waals surface area contributed by atoms with Gasteiger partial charge in [0.05, 0.1) is 7.11 Å². The van der Waals surface area contributed by atoms with Crippen LogP contribution in [0.5, 0.6) is 5.75 Å². The topological polar surface area (TPSA) is 81.4 Å². The van der Waals surface area contributed by atoms with Crippen LogP contribution in [0, 0.1) is 11.7 Å². The van der Waals surface area contributed by atoms with Crippen LogP contribution in [0.15, 0.2) is 18.2 Å². The molecule has 0 saturated heterocycles. The Bertz CT molecular complexity index is 598. The van der Waals surface area contributed by atoms with E-state index in [1.807, 2.05) is 0 Å². The number of rotatable bonds is 7. The lowest BCUT2D eigenvalue weighted by Gasteiger charge is -2.31. The first-order valence-corrected chi connectivity index (χ1v) is 8.41. The van der Waals surface area contributed by atoms with Gasteiger partial charge in [-0.2, -0.15) is 0 Å². The zero-order valence-electron chi connectivity index (χ0n) is 14.4. The van der Waals surface area contributed by atoms with Crippen LogP contribution in [0.3, 0.4) is 0 Å². The Labute approximate surface area is 153 Å². The van der Waals surface area contributed by atoms with E-state index in [9.17, 15) is 14.0 Å². The maximum Gasteiger partial charge on any atom is 0.220 e. The molecule has 0 heterocycles. The number of carbonyl (C=O) groups excluding carboxylic acids is 2. The summed E-state index contributed by atoms with van der Waals surface area (Å²) in [5.74, 6) is -0.585. The smallest absolute Gasteiger partial charge is 0.220 e. The second kappa shape index (κ2) is 10.4. The molecule has 1 saturated carbocycles. The van der Waals surface area contributed by atoms with Crippen molar-refractivity contribution in [1.82, 2.24) is 5.32 Å². The van der Waals surface area contributed by atoms with E-state index in [4.69, 9.17) is 10.5 Å². The molecule has 140 valence electrons. The van der Waals surface area contributed by atoms with Gasteiger partial charge in [-0.15, -0.1) is 12.4 Å². The molecule has 2 atom stereocenters. The van der Waals surface area contributed by atoms with Gasteiger partial charge >= 0.3 is 0 Å². The molecule has 5 nitrogen and oxygen atoms in total. The van der Waals surface area contributed by atoms with Crippen molar-refractivity contribution in [2.45, 2.75) is 44.6 Å². The van der Waals surface area contributed by atoms with E-state index in [0.29, 0.717) is 12.5 Å². The number of amides is 1. The fourth-order valence-electron chi connectivity index (χ4n) is 3.17. The molecular formula is C18H26ClFN2O3. The minimum atomic E-state index is -0.583. The molecule has 1 amide bonds. The predicted molar refractivity (Wildman–Crippen MR) is 96.7 cm³/mol. The second-order valence-corrected chi connectivity index (χ2v) is 6.23. The third-order valence-electron chi connectivity index (χ3n) is 4.61. The first-order valence-electron chi connectivity index (χ1n) is 8.41. The Hall–Kier alpha value is -1.66. The van der Waals surface area contributed by atoms with Crippen LogP contribution >= 0.6 is 12.4 Å². The number of benzene rings is 1. The van der Waals surface area contributed by atoms with Crippen LogP contribution < -0.4 is 15.8 Å². The molecule has 1 aromatic carbocycles. The van der Waals surface area contributed by atoms with Crippen LogP contribution in [0.4, 0.5) is 4.39 Å². The first-order chi connectivity index (χ1) is 11.5. The quantitative estimate of drug-likeness (QED) is 0.721. The molecule has 0 aromatic heterocycles. The van der Waals surface area contributed by atoms with Crippen molar-refractivity contribution in [2.24, 2.45) is 11.7 Å². The highest BCUT2D eigenvalue weighted by atomic mass is 35.5. The van der Waals surface area contributed by atoms with Gasteiger partial charge in [-0.25, -0.2) is 4.39 Å². The molecule has 7 heteroatoms. The summed E-state index contributed by atoms with van der Waals surface area (Å²) < 4.78 is 18.5. The molecule has 0 aliphatic heterocycles. The average molecular weight is 373 g/mol. The summed E-state index contributed by atoms with van der Waals surface area (Å²) in [5, 5.41) is 2.99. The lowest BCUT2D eigenvalue weighted by atomic mass is 9.84. The van der Waals surface area contributed by atoms with Crippen molar-refractivity contribution in [1.29, 1.82) is 0 Å². The Morgan fingerprint density at radius 1 is 1.28 bits per heavy atom. The van der Waals surface area contributed by atoms with Gasteiger partial charge < -0.3 is 15.8 Å². The van der Waals surface area contributed by atoms with E-state index in [1.54, 1.807) is 0 Å². The van der Waals surface area contributed by atoms with E-state index in [0.717, 1.165) is 31.7 Å². The molecule has 1 aliphatic rings. The highest BCUT2D eigenvalue weighted by molar-refractivity contribution is 5.98. The van der Waals surface area contributed by atoms with Crippen molar-refractivity contribution in [2.75, 3.05) is 13.7 Å². The summed E-state index contributed by atoms with van der Waals surface area (Å²) in [6.45, 7) is 0.564. The normalized spacial score (nSPS) is 19.6. The number of halogens is 2. The maximum atomic E-state index is 13.6.